The zero-order valence-corrected chi connectivity index (χ0v) is 23.3. The van der Waals surface area contributed by atoms with Crippen LogP contribution in [0.3, 0.4) is 0 Å². The molecule has 3 aromatic carbocycles. The quantitative estimate of drug-likeness (QED) is 0.181. The second-order valence-electron chi connectivity index (χ2n) is 10.6. The molecule has 2 heterocycles. The molecule has 0 aliphatic heterocycles. The van der Waals surface area contributed by atoms with E-state index in [9.17, 15) is 9.59 Å². The number of urea groups is 1. The van der Waals surface area contributed by atoms with Crippen molar-refractivity contribution in [3.05, 3.63) is 108 Å². The Hall–Kier alpha value is -5.29. The highest BCUT2D eigenvalue weighted by Crippen LogP contribution is 2.28. The molecular weight excluding hydrogens is 516 g/mol. The highest BCUT2D eigenvalue weighted by Gasteiger charge is 2.22. The van der Waals surface area contributed by atoms with Crippen molar-refractivity contribution in [2.24, 2.45) is 0 Å². The van der Waals surface area contributed by atoms with E-state index in [-0.39, 0.29) is 17.8 Å². The molecule has 2 aromatic heterocycles. The Morgan fingerprint density at radius 3 is 2.41 bits per heavy atom. The van der Waals surface area contributed by atoms with Gasteiger partial charge in [-0.3, -0.25) is 5.32 Å². The molecule has 0 atom stereocenters. The summed E-state index contributed by atoms with van der Waals surface area (Å²) in [6.07, 6.45) is 1.41. The van der Waals surface area contributed by atoms with Crippen molar-refractivity contribution < 1.29 is 18.7 Å². The average Bonchev–Trinajstić information content (AvgIpc) is 3.63. The number of nitrogens with one attached hydrogen (secondary N) is 2. The summed E-state index contributed by atoms with van der Waals surface area (Å²) < 4.78 is 11.9. The van der Waals surface area contributed by atoms with Crippen LogP contribution in [0, 0.1) is 18.8 Å². The largest absolute Gasteiger partial charge is 0.457 e. The van der Waals surface area contributed by atoms with Gasteiger partial charge in [-0.05, 0) is 48.7 Å². The molecule has 0 spiro atoms. The smallest absolute Gasteiger partial charge is 0.375 e. The number of aryl methyl sites for hydroxylation is 1. The van der Waals surface area contributed by atoms with Crippen molar-refractivity contribution in [1.82, 2.24) is 9.78 Å². The van der Waals surface area contributed by atoms with Crippen molar-refractivity contribution in [1.29, 1.82) is 0 Å². The van der Waals surface area contributed by atoms with Gasteiger partial charge in [0.25, 0.3) is 0 Å². The molecule has 206 valence electrons. The first kappa shape index (κ1) is 27.3. The van der Waals surface area contributed by atoms with Crippen molar-refractivity contribution in [3.8, 4) is 17.5 Å². The molecule has 0 aliphatic rings. The zero-order chi connectivity index (χ0) is 29.0. The van der Waals surface area contributed by atoms with Crippen LogP contribution in [0.15, 0.2) is 89.5 Å². The number of nitrogens with zero attached hydrogens (tertiary/aromatic N) is 2. The maximum Gasteiger partial charge on any atom is 0.375 e. The Morgan fingerprint density at radius 2 is 1.71 bits per heavy atom. The molecule has 5 rings (SSSR count). The van der Waals surface area contributed by atoms with E-state index in [2.05, 4.69) is 43.2 Å². The van der Waals surface area contributed by atoms with Crippen LogP contribution < -0.4 is 10.6 Å². The number of esters is 1. The molecule has 0 saturated carbocycles. The summed E-state index contributed by atoms with van der Waals surface area (Å²) in [5.74, 6) is 6.05. The van der Waals surface area contributed by atoms with Crippen LogP contribution in [0.5, 0.6) is 0 Å². The fraction of sp³-hybridized carbons (Fsp3) is 0.182. The second kappa shape index (κ2) is 11.4. The van der Waals surface area contributed by atoms with Crippen LogP contribution >= 0.6 is 0 Å². The molecule has 41 heavy (non-hydrogen) atoms. The summed E-state index contributed by atoms with van der Waals surface area (Å²) in [4.78, 5) is 25.2. The van der Waals surface area contributed by atoms with Gasteiger partial charge in [0, 0.05) is 22.4 Å². The number of carbonyl (C=O) groups is 2. The number of rotatable bonds is 5. The maximum atomic E-state index is 13.2. The van der Waals surface area contributed by atoms with E-state index < -0.39 is 12.0 Å². The van der Waals surface area contributed by atoms with Gasteiger partial charge in [-0.1, -0.05) is 74.6 Å². The Kier molecular flexibility index (Phi) is 7.61. The molecule has 2 amide bonds. The number of ether oxygens (including phenoxy) is 1. The third kappa shape index (κ3) is 6.31. The van der Waals surface area contributed by atoms with Gasteiger partial charge in [0.1, 0.15) is 5.82 Å². The van der Waals surface area contributed by atoms with E-state index in [1.165, 1.54) is 12.3 Å². The second-order valence-corrected chi connectivity index (χ2v) is 10.6. The third-order valence-corrected chi connectivity index (χ3v) is 6.39. The summed E-state index contributed by atoms with van der Waals surface area (Å²) in [6.45, 7) is 8.19. The number of aromatic nitrogens is 2. The zero-order valence-electron chi connectivity index (χ0n) is 23.3. The lowest BCUT2D eigenvalue weighted by Crippen LogP contribution is -2.21. The van der Waals surface area contributed by atoms with Gasteiger partial charge in [-0.25, -0.2) is 14.3 Å². The van der Waals surface area contributed by atoms with Gasteiger partial charge in [0.2, 0.25) is 5.76 Å². The highest BCUT2D eigenvalue weighted by atomic mass is 16.5. The van der Waals surface area contributed by atoms with Gasteiger partial charge in [-0.15, -0.1) is 0 Å². The lowest BCUT2D eigenvalue weighted by Gasteiger charge is -2.14. The van der Waals surface area contributed by atoms with Crippen LogP contribution in [-0.2, 0) is 10.2 Å². The van der Waals surface area contributed by atoms with Crippen molar-refractivity contribution in [2.75, 3.05) is 17.2 Å². The standard InChI is InChI=1S/C33H30N4O4/c1-22-13-16-24(17-14-22)37-30(21-29(36-37)33(2,3)4)35-32(39)34-27-18-15-23(25-10-5-6-11-26(25)27)9-7-20-41-31(38)28-12-8-19-40-28/h5-6,8,10-19,21H,20H2,1-4H3,(H2,34,35,39). The molecule has 0 bridgehead atoms. The number of anilines is 2. The first-order chi connectivity index (χ1) is 19.7. The van der Waals surface area contributed by atoms with Gasteiger partial charge in [0.05, 0.1) is 23.3 Å². The Bertz CT molecular complexity index is 1770. The maximum absolute atomic E-state index is 13.2. The summed E-state index contributed by atoms with van der Waals surface area (Å²) in [6, 6.07) is 23.9. The number of benzene rings is 3. The van der Waals surface area contributed by atoms with E-state index >= 15 is 0 Å². The van der Waals surface area contributed by atoms with E-state index in [1.54, 1.807) is 16.8 Å². The fourth-order valence-electron chi connectivity index (χ4n) is 4.21. The first-order valence-corrected chi connectivity index (χ1v) is 13.2. The van der Waals surface area contributed by atoms with Crippen molar-refractivity contribution in [3.63, 3.8) is 0 Å². The minimum atomic E-state index is -0.571. The van der Waals surface area contributed by atoms with E-state index in [0.717, 1.165) is 33.3 Å². The lowest BCUT2D eigenvalue weighted by atomic mass is 9.92. The van der Waals surface area contributed by atoms with Crippen molar-refractivity contribution in [2.45, 2.75) is 33.1 Å². The lowest BCUT2D eigenvalue weighted by molar-refractivity contribution is 0.0520. The van der Waals surface area contributed by atoms with Crippen molar-refractivity contribution >= 4 is 34.3 Å². The van der Waals surface area contributed by atoms with Crippen LogP contribution in [0.25, 0.3) is 16.5 Å². The first-order valence-electron chi connectivity index (χ1n) is 13.2. The number of furan rings is 1. The SMILES string of the molecule is Cc1ccc(-n2nc(C(C)(C)C)cc2NC(=O)Nc2ccc(C#CCOC(=O)c3ccco3)c3ccccc23)cc1. The monoisotopic (exact) mass is 546 g/mol. The fourth-order valence-corrected chi connectivity index (χ4v) is 4.21. The predicted octanol–water partition coefficient (Wildman–Crippen LogP) is 7.08. The number of hydrogen-bond donors (Lipinski definition) is 2. The van der Waals surface area contributed by atoms with Crippen LogP contribution in [0.2, 0.25) is 0 Å². The molecule has 0 aliphatic carbocycles. The topological polar surface area (TPSA) is 98.4 Å². The van der Waals surface area contributed by atoms with E-state index in [4.69, 9.17) is 14.3 Å². The molecule has 0 fully saturated rings. The van der Waals surface area contributed by atoms with E-state index in [1.807, 2.05) is 67.6 Å². The summed E-state index contributed by atoms with van der Waals surface area (Å²) in [7, 11) is 0. The van der Waals surface area contributed by atoms with Gasteiger partial charge in [0.15, 0.2) is 6.61 Å². The molecule has 8 heteroatoms. The molecule has 0 unspecified atom stereocenters. The van der Waals surface area contributed by atoms with Gasteiger partial charge < -0.3 is 14.5 Å². The summed E-state index contributed by atoms with van der Waals surface area (Å²) in [5, 5.41) is 12.4. The number of amides is 2. The Morgan fingerprint density at radius 1 is 0.951 bits per heavy atom. The molecule has 5 aromatic rings. The number of carbonyl (C=O) groups excluding carboxylic acids is 2. The summed E-state index contributed by atoms with van der Waals surface area (Å²) >= 11 is 0. The van der Waals surface area contributed by atoms with Crippen LogP contribution in [0.1, 0.15) is 48.1 Å². The summed E-state index contributed by atoms with van der Waals surface area (Å²) in [5.41, 5.74) is 4.02. The third-order valence-electron chi connectivity index (χ3n) is 6.39. The number of fused-ring (bicyclic) bond motifs is 1. The number of hydrogen-bond acceptors (Lipinski definition) is 5. The van der Waals surface area contributed by atoms with E-state index in [0.29, 0.717) is 11.5 Å². The average molecular weight is 547 g/mol. The normalized spacial score (nSPS) is 11.0. The molecular formula is C33H30N4O4. The van der Waals surface area contributed by atoms with Gasteiger partial charge in [-0.2, -0.15) is 5.10 Å². The molecule has 0 saturated heterocycles. The highest BCUT2D eigenvalue weighted by molar-refractivity contribution is 6.07. The van der Waals surface area contributed by atoms with Crippen LogP contribution in [-0.4, -0.2) is 28.4 Å². The van der Waals surface area contributed by atoms with Gasteiger partial charge >= 0.3 is 12.0 Å². The predicted molar refractivity (Wildman–Crippen MR) is 159 cm³/mol. The molecule has 8 nitrogen and oxygen atoms in total. The van der Waals surface area contributed by atoms with Crippen LogP contribution in [0.4, 0.5) is 16.3 Å². The Labute approximate surface area is 238 Å². The minimum absolute atomic E-state index is 0.0819. The minimum Gasteiger partial charge on any atom is -0.457 e. The molecule has 0 radical (unpaired) electrons. The Balaban J connectivity index is 1.35. The molecule has 2 N–H and O–H groups in total.